The number of aromatic nitrogens is 3. The molecular formula is C21H21N3O3. The summed E-state index contributed by atoms with van der Waals surface area (Å²) in [7, 11) is 0. The number of benzene rings is 1. The molecule has 1 aromatic carbocycles. The molecule has 1 aliphatic rings. The van der Waals surface area contributed by atoms with Crippen LogP contribution < -0.4 is 4.74 Å². The molecule has 27 heavy (non-hydrogen) atoms. The molecule has 0 saturated carbocycles. The summed E-state index contributed by atoms with van der Waals surface area (Å²) in [5.41, 5.74) is 2.60. The second kappa shape index (κ2) is 6.61. The fourth-order valence-corrected chi connectivity index (χ4v) is 3.41. The molecule has 0 amide bonds. The summed E-state index contributed by atoms with van der Waals surface area (Å²) in [5, 5.41) is 4.05. The molecule has 2 aromatic heterocycles. The van der Waals surface area contributed by atoms with E-state index in [0.29, 0.717) is 35.0 Å². The van der Waals surface area contributed by atoms with Crippen LogP contribution in [0.15, 0.2) is 41.1 Å². The minimum absolute atomic E-state index is 0.0892. The van der Waals surface area contributed by atoms with Crippen molar-refractivity contribution >= 4 is 5.78 Å². The Kier molecular flexibility index (Phi) is 4.26. The van der Waals surface area contributed by atoms with Gasteiger partial charge in [-0.3, -0.25) is 9.78 Å². The number of carbonyl (C=O) groups is 1. The van der Waals surface area contributed by atoms with Crippen LogP contribution in [-0.2, 0) is 0 Å². The number of carbonyl (C=O) groups excluding carboxylic acids is 1. The number of rotatable bonds is 4. The Morgan fingerprint density at radius 2 is 1.93 bits per heavy atom. The van der Waals surface area contributed by atoms with Crippen LogP contribution in [0.5, 0.6) is 5.75 Å². The van der Waals surface area contributed by atoms with Gasteiger partial charge in [0.05, 0.1) is 12.0 Å². The zero-order chi connectivity index (χ0) is 19.0. The number of hydrogen-bond acceptors (Lipinski definition) is 6. The van der Waals surface area contributed by atoms with Crippen molar-refractivity contribution < 1.29 is 14.1 Å². The van der Waals surface area contributed by atoms with Gasteiger partial charge in [-0.1, -0.05) is 19.0 Å². The third kappa shape index (κ3) is 3.12. The standard InChI is InChI=1S/C21H21N3O3/c1-4-21(5-2)12-17(25)16-11-15(6-7-18(16)26-21)20-23-19(24-27-20)14-8-9-22-13(3)10-14/h6-11H,4-5,12H2,1-3H3. The van der Waals surface area contributed by atoms with Crippen LogP contribution in [0, 0.1) is 6.92 Å². The fourth-order valence-electron chi connectivity index (χ4n) is 3.41. The highest BCUT2D eigenvalue weighted by atomic mass is 16.5. The monoisotopic (exact) mass is 363 g/mol. The number of hydrogen-bond donors (Lipinski definition) is 0. The summed E-state index contributed by atoms with van der Waals surface area (Å²) < 4.78 is 11.6. The minimum Gasteiger partial charge on any atom is -0.486 e. The molecular weight excluding hydrogens is 342 g/mol. The molecule has 4 rings (SSSR count). The van der Waals surface area contributed by atoms with Gasteiger partial charge in [0.1, 0.15) is 11.4 Å². The van der Waals surface area contributed by atoms with E-state index < -0.39 is 5.60 Å². The van der Waals surface area contributed by atoms with Gasteiger partial charge in [0.25, 0.3) is 5.89 Å². The first kappa shape index (κ1) is 17.4. The number of Topliss-reactive ketones (excluding diaryl/α,β-unsaturated/α-hetero) is 1. The lowest BCUT2D eigenvalue weighted by Gasteiger charge is -2.36. The van der Waals surface area contributed by atoms with Crippen molar-refractivity contribution in [2.24, 2.45) is 0 Å². The summed E-state index contributed by atoms with van der Waals surface area (Å²) in [6.07, 6.45) is 3.70. The van der Waals surface area contributed by atoms with Gasteiger partial charge in [0, 0.05) is 23.0 Å². The van der Waals surface area contributed by atoms with Gasteiger partial charge in [-0.25, -0.2) is 0 Å². The van der Waals surface area contributed by atoms with E-state index in [1.54, 1.807) is 12.3 Å². The number of pyridine rings is 1. The van der Waals surface area contributed by atoms with Gasteiger partial charge in [-0.2, -0.15) is 4.98 Å². The molecule has 0 spiro atoms. The van der Waals surface area contributed by atoms with Crippen LogP contribution >= 0.6 is 0 Å². The van der Waals surface area contributed by atoms with Crippen molar-refractivity contribution in [3.05, 3.63) is 47.8 Å². The Morgan fingerprint density at radius 3 is 2.67 bits per heavy atom. The summed E-state index contributed by atoms with van der Waals surface area (Å²) in [6, 6.07) is 9.18. The Bertz CT molecular complexity index is 1010. The molecule has 138 valence electrons. The van der Waals surface area contributed by atoms with E-state index >= 15 is 0 Å². The molecule has 3 aromatic rings. The number of aryl methyl sites for hydroxylation is 1. The maximum Gasteiger partial charge on any atom is 0.258 e. The largest absolute Gasteiger partial charge is 0.486 e. The van der Waals surface area contributed by atoms with E-state index in [1.165, 1.54) is 0 Å². The Morgan fingerprint density at radius 1 is 1.11 bits per heavy atom. The molecule has 0 unspecified atom stereocenters. The van der Waals surface area contributed by atoms with Gasteiger partial charge < -0.3 is 9.26 Å². The van der Waals surface area contributed by atoms with Crippen LogP contribution in [0.2, 0.25) is 0 Å². The molecule has 0 saturated heterocycles. The van der Waals surface area contributed by atoms with Gasteiger partial charge in [0.2, 0.25) is 5.82 Å². The molecule has 0 aliphatic carbocycles. The Hall–Kier alpha value is -3.02. The average Bonchev–Trinajstić information content (AvgIpc) is 3.18. The lowest BCUT2D eigenvalue weighted by atomic mass is 9.85. The van der Waals surface area contributed by atoms with E-state index in [2.05, 4.69) is 29.0 Å². The average molecular weight is 363 g/mol. The quantitative estimate of drug-likeness (QED) is 0.672. The summed E-state index contributed by atoms with van der Waals surface area (Å²) >= 11 is 0. The highest BCUT2D eigenvalue weighted by Gasteiger charge is 2.37. The first-order chi connectivity index (χ1) is 13.0. The summed E-state index contributed by atoms with van der Waals surface area (Å²) in [4.78, 5) is 21.4. The van der Waals surface area contributed by atoms with Crippen molar-refractivity contribution in [1.82, 2.24) is 15.1 Å². The summed E-state index contributed by atoms with van der Waals surface area (Å²) in [6.45, 7) is 6.01. The highest BCUT2D eigenvalue weighted by Crippen LogP contribution is 2.38. The number of ketones is 1. The van der Waals surface area contributed by atoms with E-state index in [1.807, 2.05) is 31.2 Å². The summed E-state index contributed by atoms with van der Waals surface area (Å²) in [5.74, 6) is 1.58. The van der Waals surface area contributed by atoms with Crippen molar-refractivity contribution in [2.75, 3.05) is 0 Å². The third-order valence-electron chi connectivity index (χ3n) is 5.21. The smallest absolute Gasteiger partial charge is 0.258 e. The van der Waals surface area contributed by atoms with E-state index in [9.17, 15) is 4.79 Å². The van der Waals surface area contributed by atoms with Gasteiger partial charge in [0.15, 0.2) is 5.78 Å². The maximum atomic E-state index is 12.7. The molecule has 6 nitrogen and oxygen atoms in total. The predicted molar refractivity (Wildman–Crippen MR) is 101 cm³/mol. The Labute approximate surface area is 157 Å². The molecule has 0 N–H and O–H groups in total. The first-order valence-electron chi connectivity index (χ1n) is 9.17. The molecule has 0 atom stereocenters. The van der Waals surface area contributed by atoms with Gasteiger partial charge in [-0.15, -0.1) is 0 Å². The molecule has 1 aliphatic heterocycles. The number of nitrogens with zero attached hydrogens (tertiary/aromatic N) is 3. The third-order valence-corrected chi connectivity index (χ3v) is 5.21. The SMILES string of the molecule is CCC1(CC)CC(=O)c2cc(-c3nc(-c4ccnc(C)c4)no3)ccc2O1. The zero-order valence-electron chi connectivity index (χ0n) is 15.7. The lowest BCUT2D eigenvalue weighted by Crippen LogP contribution is -2.40. The minimum atomic E-state index is -0.400. The van der Waals surface area contributed by atoms with Crippen molar-refractivity contribution in [1.29, 1.82) is 0 Å². The molecule has 6 heteroatoms. The fraction of sp³-hybridized carbons (Fsp3) is 0.333. The zero-order valence-corrected chi connectivity index (χ0v) is 15.7. The normalized spacial score (nSPS) is 15.3. The van der Waals surface area contributed by atoms with E-state index in [0.717, 1.165) is 24.1 Å². The molecule has 0 radical (unpaired) electrons. The van der Waals surface area contributed by atoms with E-state index in [-0.39, 0.29) is 5.78 Å². The first-order valence-corrected chi connectivity index (χ1v) is 9.17. The molecule has 0 fully saturated rings. The van der Waals surface area contributed by atoms with Gasteiger partial charge in [-0.05, 0) is 50.1 Å². The topological polar surface area (TPSA) is 78.1 Å². The van der Waals surface area contributed by atoms with E-state index in [4.69, 9.17) is 9.26 Å². The van der Waals surface area contributed by atoms with Crippen molar-refractivity contribution in [2.45, 2.75) is 45.6 Å². The predicted octanol–water partition coefficient (Wildman–Crippen LogP) is 4.63. The number of fused-ring (bicyclic) bond motifs is 1. The second-order valence-corrected chi connectivity index (χ2v) is 6.91. The van der Waals surface area contributed by atoms with Crippen molar-refractivity contribution in [3.8, 4) is 28.6 Å². The maximum absolute atomic E-state index is 12.7. The van der Waals surface area contributed by atoms with Crippen LogP contribution in [0.4, 0.5) is 0 Å². The molecule has 0 bridgehead atoms. The Balaban J connectivity index is 1.68. The van der Waals surface area contributed by atoms with Crippen LogP contribution in [0.3, 0.4) is 0 Å². The highest BCUT2D eigenvalue weighted by molar-refractivity contribution is 6.01. The number of ether oxygens (including phenoxy) is 1. The second-order valence-electron chi connectivity index (χ2n) is 6.91. The van der Waals surface area contributed by atoms with Crippen LogP contribution in [0.25, 0.3) is 22.8 Å². The van der Waals surface area contributed by atoms with Crippen molar-refractivity contribution in [3.63, 3.8) is 0 Å². The lowest BCUT2D eigenvalue weighted by molar-refractivity contribution is 0.0350. The molecule has 3 heterocycles. The van der Waals surface area contributed by atoms with Crippen LogP contribution in [0.1, 0.15) is 49.2 Å². The van der Waals surface area contributed by atoms with Crippen LogP contribution in [-0.4, -0.2) is 26.5 Å². The van der Waals surface area contributed by atoms with Gasteiger partial charge >= 0.3 is 0 Å².